The van der Waals surface area contributed by atoms with Gasteiger partial charge < -0.3 is 14.8 Å². The normalized spacial score (nSPS) is 9.88. The minimum atomic E-state index is -0.513. The lowest BCUT2D eigenvalue weighted by Gasteiger charge is -2.11. The minimum absolute atomic E-state index is 0.243. The molecule has 0 aromatic heterocycles. The fourth-order valence-electron chi connectivity index (χ4n) is 2.02. The van der Waals surface area contributed by atoms with Crippen LogP contribution in [-0.2, 0) is 9.53 Å². The van der Waals surface area contributed by atoms with Gasteiger partial charge in [-0.3, -0.25) is 9.59 Å². The van der Waals surface area contributed by atoms with E-state index in [-0.39, 0.29) is 18.8 Å². The zero-order valence-corrected chi connectivity index (χ0v) is 13.2. The molecule has 0 atom stereocenters. The van der Waals surface area contributed by atoms with E-state index in [0.29, 0.717) is 23.3 Å². The molecule has 0 saturated heterocycles. The molecule has 2 rings (SSSR count). The highest BCUT2D eigenvalue weighted by Gasteiger charge is 2.14. The second-order valence-corrected chi connectivity index (χ2v) is 4.76. The first-order valence-electron chi connectivity index (χ1n) is 7.38. The molecule has 6 heteroatoms. The van der Waals surface area contributed by atoms with E-state index in [4.69, 9.17) is 9.47 Å². The summed E-state index contributed by atoms with van der Waals surface area (Å²) in [6, 6.07) is 13.1. The van der Waals surface area contributed by atoms with E-state index in [1.807, 2.05) is 0 Å². The first-order valence-corrected chi connectivity index (χ1v) is 7.38. The van der Waals surface area contributed by atoms with Crippen molar-refractivity contribution in [2.24, 2.45) is 0 Å². The van der Waals surface area contributed by atoms with Gasteiger partial charge in [0.25, 0.3) is 5.91 Å². The molecule has 1 N–H and O–H groups in total. The van der Waals surface area contributed by atoms with Crippen molar-refractivity contribution in [2.45, 2.75) is 6.92 Å². The molecule has 0 fully saturated rings. The van der Waals surface area contributed by atoms with E-state index < -0.39 is 11.9 Å². The molecule has 0 spiro atoms. The van der Waals surface area contributed by atoms with Gasteiger partial charge in [-0.05, 0) is 31.2 Å². The molecule has 0 bridgehead atoms. The van der Waals surface area contributed by atoms with Crippen molar-refractivity contribution in [1.29, 1.82) is 0 Å². The van der Waals surface area contributed by atoms with Gasteiger partial charge in [0.15, 0.2) is 12.9 Å². The maximum Gasteiger partial charge on any atom is 0.340 e. The molecule has 2 aromatic rings. The number of carbonyl (C=O) groups is 3. The van der Waals surface area contributed by atoms with Crippen LogP contribution in [0.1, 0.15) is 27.6 Å². The van der Waals surface area contributed by atoms with Crippen molar-refractivity contribution >= 4 is 23.9 Å². The maximum atomic E-state index is 12.0. The quantitative estimate of drug-likeness (QED) is 0.624. The summed E-state index contributed by atoms with van der Waals surface area (Å²) in [5.74, 6) is -0.644. The zero-order valence-electron chi connectivity index (χ0n) is 13.2. The largest absolute Gasteiger partial charge is 0.483 e. The lowest BCUT2D eigenvalue weighted by molar-refractivity contribution is -0.118. The number of hydrogen-bond acceptors (Lipinski definition) is 5. The number of amides is 1. The van der Waals surface area contributed by atoms with Gasteiger partial charge in [-0.1, -0.05) is 24.3 Å². The van der Waals surface area contributed by atoms with Crippen LogP contribution in [0.4, 0.5) is 5.69 Å². The van der Waals surface area contributed by atoms with E-state index in [1.165, 1.54) is 0 Å². The molecule has 2 aromatic carbocycles. The lowest BCUT2D eigenvalue weighted by Crippen LogP contribution is -2.22. The lowest BCUT2D eigenvalue weighted by atomic mass is 10.2. The second-order valence-electron chi connectivity index (χ2n) is 4.76. The van der Waals surface area contributed by atoms with Crippen LogP contribution in [0.25, 0.3) is 0 Å². The molecule has 1 amide bonds. The van der Waals surface area contributed by atoms with Gasteiger partial charge in [0.2, 0.25) is 0 Å². The van der Waals surface area contributed by atoms with Crippen molar-refractivity contribution in [3.05, 3.63) is 59.7 Å². The first-order chi connectivity index (χ1) is 11.7. The van der Waals surface area contributed by atoms with E-state index in [1.54, 1.807) is 55.5 Å². The summed E-state index contributed by atoms with van der Waals surface area (Å²) in [5, 5.41) is 2.60. The maximum absolute atomic E-state index is 12.0. The number of anilines is 1. The standard InChI is InChI=1S/C18H17NO5/c1-2-23-18(22)14-8-4-5-9-15(14)19-17(21)12-24-16-10-6-3-7-13(16)11-20/h3-11H,2,12H2,1H3,(H,19,21). The number of para-hydroxylation sites is 2. The highest BCUT2D eigenvalue weighted by atomic mass is 16.5. The van der Waals surface area contributed by atoms with Crippen molar-refractivity contribution in [2.75, 3.05) is 18.5 Å². The topological polar surface area (TPSA) is 81.7 Å². The molecule has 0 aliphatic heterocycles. The van der Waals surface area contributed by atoms with E-state index in [2.05, 4.69) is 5.32 Å². The fourth-order valence-corrected chi connectivity index (χ4v) is 2.02. The Labute approximate surface area is 139 Å². The monoisotopic (exact) mass is 327 g/mol. The van der Waals surface area contributed by atoms with Crippen LogP contribution in [0.5, 0.6) is 5.75 Å². The predicted molar refractivity (Wildman–Crippen MR) is 88.4 cm³/mol. The van der Waals surface area contributed by atoms with Gasteiger partial charge >= 0.3 is 5.97 Å². The molecule has 6 nitrogen and oxygen atoms in total. The molecule has 0 heterocycles. The van der Waals surface area contributed by atoms with E-state index in [9.17, 15) is 14.4 Å². The Balaban J connectivity index is 2.03. The van der Waals surface area contributed by atoms with E-state index in [0.717, 1.165) is 0 Å². The highest BCUT2D eigenvalue weighted by molar-refractivity contribution is 6.01. The first kappa shape index (κ1) is 17.2. The molecular weight excluding hydrogens is 310 g/mol. The van der Waals surface area contributed by atoms with Gasteiger partial charge in [-0.2, -0.15) is 0 Å². The number of esters is 1. The summed E-state index contributed by atoms with van der Waals surface area (Å²) in [6.45, 7) is 1.66. The average molecular weight is 327 g/mol. The second kappa shape index (κ2) is 8.47. The summed E-state index contributed by atoms with van der Waals surface area (Å²) >= 11 is 0. The third kappa shape index (κ3) is 4.42. The minimum Gasteiger partial charge on any atom is -0.483 e. The molecule has 0 aliphatic carbocycles. The summed E-state index contributed by atoms with van der Waals surface area (Å²) in [5.41, 5.74) is 0.964. The average Bonchev–Trinajstić information content (AvgIpc) is 2.61. The van der Waals surface area contributed by atoms with Crippen molar-refractivity contribution in [3.63, 3.8) is 0 Å². The summed E-state index contributed by atoms with van der Waals surface area (Å²) in [6.07, 6.45) is 0.656. The number of rotatable bonds is 7. The smallest absolute Gasteiger partial charge is 0.340 e. The Hall–Kier alpha value is -3.15. The Bertz CT molecular complexity index is 742. The Morgan fingerprint density at radius 1 is 1.08 bits per heavy atom. The van der Waals surface area contributed by atoms with Crippen molar-refractivity contribution in [3.8, 4) is 5.75 Å². The van der Waals surface area contributed by atoms with Crippen LogP contribution < -0.4 is 10.1 Å². The molecule has 24 heavy (non-hydrogen) atoms. The Morgan fingerprint density at radius 3 is 2.54 bits per heavy atom. The van der Waals surface area contributed by atoms with Gasteiger partial charge in [0, 0.05) is 0 Å². The van der Waals surface area contributed by atoms with Gasteiger partial charge in [-0.15, -0.1) is 0 Å². The number of carbonyl (C=O) groups excluding carboxylic acids is 3. The third-order valence-corrected chi connectivity index (χ3v) is 3.10. The zero-order chi connectivity index (χ0) is 17.4. The molecular formula is C18H17NO5. The molecule has 0 unspecified atom stereocenters. The Kier molecular flexibility index (Phi) is 6.08. The number of nitrogens with one attached hydrogen (secondary N) is 1. The highest BCUT2D eigenvalue weighted by Crippen LogP contribution is 2.18. The SMILES string of the molecule is CCOC(=O)c1ccccc1NC(=O)COc1ccccc1C=O. The van der Waals surface area contributed by atoms with Crippen LogP contribution in [0.2, 0.25) is 0 Å². The van der Waals surface area contributed by atoms with Gasteiger partial charge in [0.05, 0.1) is 23.4 Å². The van der Waals surface area contributed by atoms with Gasteiger partial charge in [0.1, 0.15) is 5.75 Å². The molecule has 124 valence electrons. The summed E-state index contributed by atoms with van der Waals surface area (Å²) in [7, 11) is 0. The third-order valence-electron chi connectivity index (χ3n) is 3.10. The van der Waals surface area contributed by atoms with Crippen molar-refractivity contribution < 1.29 is 23.9 Å². The van der Waals surface area contributed by atoms with Crippen LogP contribution in [0.3, 0.4) is 0 Å². The number of hydrogen-bond donors (Lipinski definition) is 1. The van der Waals surface area contributed by atoms with Crippen LogP contribution >= 0.6 is 0 Å². The molecule has 0 radical (unpaired) electrons. The van der Waals surface area contributed by atoms with Crippen molar-refractivity contribution in [1.82, 2.24) is 0 Å². The summed E-state index contributed by atoms with van der Waals surface area (Å²) in [4.78, 5) is 34.8. The van der Waals surface area contributed by atoms with Crippen LogP contribution in [-0.4, -0.2) is 31.4 Å². The van der Waals surface area contributed by atoms with Crippen LogP contribution in [0.15, 0.2) is 48.5 Å². The van der Waals surface area contributed by atoms with Crippen LogP contribution in [0, 0.1) is 0 Å². The van der Waals surface area contributed by atoms with Gasteiger partial charge in [-0.25, -0.2) is 4.79 Å². The number of aldehydes is 1. The van der Waals surface area contributed by atoms with E-state index >= 15 is 0 Å². The Morgan fingerprint density at radius 2 is 1.79 bits per heavy atom. The summed E-state index contributed by atoms with van der Waals surface area (Å²) < 4.78 is 10.3. The molecule has 0 aliphatic rings. The number of ether oxygens (including phenoxy) is 2. The predicted octanol–water partition coefficient (Wildman–Crippen LogP) is 2.69. The molecule has 0 saturated carbocycles. The number of benzene rings is 2. The fraction of sp³-hybridized carbons (Fsp3) is 0.167.